The molecule has 0 atom stereocenters. The summed E-state index contributed by atoms with van der Waals surface area (Å²) in [5.41, 5.74) is 2.33. The number of aromatic nitrogens is 2. The van der Waals surface area contributed by atoms with E-state index in [1.54, 1.807) is 13.3 Å². The monoisotopic (exact) mass is 339 g/mol. The smallest absolute Gasteiger partial charge is 0.219 e. The molecule has 0 unspecified atom stereocenters. The van der Waals surface area contributed by atoms with Crippen LogP contribution in [0, 0.1) is 0 Å². The van der Waals surface area contributed by atoms with E-state index in [0.29, 0.717) is 5.92 Å². The zero-order valence-electron chi connectivity index (χ0n) is 15.1. The van der Waals surface area contributed by atoms with Crippen LogP contribution in [0.5, 0.6) is 0 Å². The molecule has 2 heterocycles. The van der Waals surface area contributed by atoms with E-state index in [2.05, 4.69) is 52.2 Å². The van der Waals surface area contributed by atoms with Gasteiger partial charge in [0.05, 0.1) is 0 Å². The van der Waals surface area contributed by atoms with Crippen LogP contribution in [0.1, 0.15) is 32.3 Å². The van der Waals surface area contributed by atoms with E-state index in [4.69, 9.17) is 0 Å². The van der Waals surface area contributed by atoms with Crippen LogP contribution in [-0.2, 0) is 4.79 Å². The number of rotatable bonds is 4. The van der Waals surface area contributed by atoms with Crippen molar-refractivity contribution in [2.75, 3.05) is 36.4 Å². The van der Waals surface area contributed by atoms with Crippen molar-refractivity contribution < 1.29 is 4.79 Å². The summed E-state index contributed by atoms with van der Waals surface area (Å²) in [5, 5.41) is 3.42. The fraction of sp³-hybridized carbons (Fsp3) is 0.421. The Kier molecular flexibility index (Phi) is 5.16. The molecule has 3 rings (SSSR count). The first-order chi connectivity index (χ1) is 12.0. The fourth-order valence-corrected chi connectivity index (χ4v) is 3.09. The lowest BCUT2D eigenvalue weighted by molar-refractivity contribution is -0.129. The van der Waals surface area contributed by atoms with Crippen molar-refractivity contribution in [3.05, 3.63) is 42.2 Å². The summed E-state index contributed by atoms with van der Waals surface area (Å²) in [5.74, 6) is 2.24. The third-order valence-electron chi connectivity index (χ3n) is 4.55. The summed E-state index contributed by atoms with van der Waals surface area (Å²) in [6.07, 6.45) is 1.59. The maximum atomic E-state index is 11.5. The van der Waals surface area contributed by atoms with Crippen LogP contribution < -0.4 is 10.2 Å². The maximum Gasteiger partial charge on any atom is 0.219 e. The molecule has 0 aliphatic carbocycles. The standard InChI is InChI=1S/C19H25N5O/c1-14(2)16-6-4-5-7-17(16)22-18-12-19(21-13-20-18)24-10-8-23(9-11-24)15(3)25/h4-7,12-14H,8-11H2,1-3H3,(H,20,21,22). The minimum Gasteiger partial charge on any atom is -0.353 e. The number of benzene rings is 1. The lowest BCUT2D eigenvalue weighted by atomic mass is 10.0. The van der Waals surface area contributed by atoms with E-state index >= 15 is 0 Å². The van der Waals surface area contributed by atoms with Gasteiger partial charge in [-0.3, -0.25) is 4.79 Å². The minimum absolute atomic E-state index is 0.134. The summed E-state index contributed by atoms with van der Waals surface area (Å²) in [6.45, 7) is 9.03. The van der Waals surface area contributed by atoms with Gasteiger partial charge in [-0.1, -0.05) is 32.0 Å². The first-order valence-corrected chi connectivity index (χ1v) is 8.73. The zero-order valence-corrected chi connectivity index (χ0v) is 15.1. The molecule has 0 radical (unpaired) electrons. The van der Waals surface area contributed by atoms with Gasteiger partial charge in [-0.25, -0.2) is 9.97 Å². The van der Waals surface area contributed by atoms with E-state index in [1.807, 2.05) is 17.0 Å². The molecule has 0 saturated carbocycles. The van der Waals surface area contributed by atoms with Crippen LogP contribution in [0.15, 0.2) is 36.7 Å². The second kappa shape index (κ2) is 7.51. The van der Waals surface area contributed by atoms with Crippen molar-refractivity contribution in [1.82, 2.24) is 14.9 Å². The second-order valence-corrected chi connectivity index (χ2v) is 6.62. The molecule has 1 amide bonds. The molecule has 1 aromatic heterocycles. The third-order valence-corrected chi connectivity index (χ3v) is 4.55. The highest BCUT2D eigenvalue weighted by Crippen LogP contribution is 2.27. The van der Waals surface area contributed by atoms with Crippen LogP contribution in [0.3, 0.4) is 0 Å². The highest BCUT2D eigenvalue weighted by molar-refractivity contribution is 5.73. The molecule has 1 fully saturated rings. The minimum atomic E-state index is 0.134. The van der Waals surface area contributed by atoms with Crippen LogP contribution in [0.25, 0.3) is 0 Å². The van der Waals surface area contributed by atoms with E-state index in [0.717, 1.165) is 43.5 Å². The van der Waals surface area contributed by atoms with Gasteiger partial charge in [-0.2, -0.15) is 0 Å². The molecule has 1 N–H and O–H groups in total. The first-order valence-electron chi connectivity index (χ1n) is 8.73. The molecule has 25 heavy (non-hydrogen) atoms. The highest BCUT2D eigenvalue weighted by atomic mass is 16.2. The van der Waals surface area contributed by atoms with Gasteiger partial charge in [-0.05, 0) is 17.5 Å². The maximum absolute atomic E-state index is 11.5. The molecule has 132 valence electrons. The Balaban J connectivity index is 1.74. The summed E-state index contributed by atoms with van der Waals surface area (Å²) >= 11 is 0. The predicted molar refractivity (Wildman–Crippen MR) is 100 cm³/mol. The van der Waals surface area contributed by atoms with Gasteiger partial charge in [0.1, 0.15) is 18.0 Å². The zero-order chi connectivity index (χ0) is 17.8. The number of piperazine rings is 1. The first kappa shape index (κ1) is 17.2. The number of hydrogen-bond donors (Lipinski definition) is 1. The topological polar surface area (TPSA) is 61.4 Å². The molecule has 1 saturated heterocycles. The van der Waals surface area contributed by atoms with Crippen molar-refractivity contribution in [1.29, 1.82) is 0 Å². The van der Waals surface area contributed by atoms with Crippen molar-refractivity contribution in [2.24, 2.45) is 0 Å². The number of carbonyl (C=O) groups is 1. The van der Waals surface area contributed by atoms with E-state index in [9.17, 15) is 4.79 Å². The molecular formula is C19H25N5O. The van der Waals surface area contributed by atoms with Crippen LogP contribution in [0.2, 0.25) is 0 Å². The SMILES string of the molecule is CC(=O)N1CCN(c2cc(Nc3ccccc3C(C)C)ncn2)CC1. The highest BCUT2D eigenvalue weighted by Gasteiger charge is 2.20. The summed E-state index contributed by atoms with van der Waals surface area (Å²) < 4.78 is 0. The van der Waals surface area contributed by atoms with Gasteiger partial charge in [-0.15, -0.1) is 0 Å². The Morgan fingerprint density at radius 3 is 2.52 bits per heavy atom. The molecule has 6 heteroatoms. The number of nitrogens with one attached hydrogen (secondary N) is 1. The predicted octanol–water partition coefficient (Wildman–Crippen LogP) is 3.01. The van der Waals surface area contributed by atoms with Gasteiger partial charge in [0.25, 0.3) is 0 Å². The summed E-state index contributed by atoms with van der Waals surface area (Å²) in [7, 11) is 0. The van der Waals surface area contributed by atoms with E-state index in [1.165, 1.54) is 5.56 Å². The average molecular weight is 339 g/mol. The van der Waals surface area contributed by atoms with Crippen LogP contribution in [0.4, 0.5) is 17.3 Å². The van der Waals surface area contributed by atoms with E-state index < -0.39 is 0 Å². The van der Waals surface area contributed by atoms with E-state index in [-0.39, 0.29) is 5.91 Å². The number of hydrogen-bond acceptors (Lipinski definition) is 5. The number of amides is 1. The molecule has 1 aromatic carbocycles. The van der Waals surface area contributed by atoms with Gasteiger partial charge >= 0.3 is 0 Å². The number of carbonyl (C=O) groups excluding carboxylic acids is 1. The van der Waals surface area contributed by atoms with Gasteiger partial charge in [0, 0.05) is 44.9 Å². The van der Waals surface area contributed by atoms with Gasteiger partial charge in [0.15, 0.2) is 0 Å². The number of anilines is 3. The Bertz CT molecular complexity index is 738. The van der Waals surface area contributed by atoms with Gasteiger partial charge < -0.3 is 15.1 Å². The lowest BCUT2D eigenvalue weighted by Gasteiger charge is -2.34. The Hall–Kier alpha value is -2.63. The molecule has 1 aliphatic heterocycles. The second-order valence-electron chi connectivity index (χ2n) is 6.62. The fourth-order valence-electron chi connectivity index (χ4n) is 3.09. The number of nitrogens with zero attached hydrogens (tertiary/aromatic N) is 4. The quantitative estimate of drug-likeness (QED) is 0.928. The Morgan fingerprint density at radius 1 is 1.12 bits per heavy atom. The molecule has 0 spiro atoms. The number of para-hydroxylation sites is 1. The van der Waals surface area contributed by atoms with Crippen molar-refractivity contribution in [3.8, 4) is 0 Å². The molecular weight excluding hydrogens is 314 g/mol. The van der Waals surface area contributed by atoms with Crippen molar-refractivity contribution in [2.45, 2.75) is 26.7 Å². The normalized spacial score (nSPS) is 14.7. The van der Waals surface area contributed by atoms with Crippen molar-refractivity contribution >= 4 is 23.2 Å². The largest absolute Gasteiger partial charge is 0.353 e. The average Bonchev–Trinajstić information content (AvgIpc) is 2.62. The van der Waals surface area contributed by atoms with Gasteiger partial charge in [0.2, 0.25) is 5.91 Å². The molecule has 2 aromatic rings. The lowest BCUT2D eigenvalue weighted by Crippen LogP contribution is -2.48. The summed E-state index contributed by atoms with van der Waals surface area (Å²) in [4.78, 5) is 24.3. The molecule has 0 bridgehead atoms. The molecule has 6 nitrogen and oxygen atoms in total. The van der Waals surface area contributed by atoms with Crippen LogP contribution in [-0.4, -0.2) is 47.0 Å². The Labute approximate surface area is 148 Å². The third kappa shape index (κ3) is 4.07. The summed E-state index contributed by atoms with van der Waals surface area (Å²) in [6, 6.07) is 10.3. The van der Waals surface area contributed by atoms with Crippen molar-refractivity contribution in [3.63, 3.8) is 0 Å². The van der Waals surface area contributed by atoms with Crippen LogP contribution >= 0.6 is 0 Å². The molecule has 1 aliphatic rings. The Morgan fingerprint density at radius 2 is 1.84 bits per heavy atom.